The number of rotatable bonds is 4. The zero-order valence-corrected chi connectivity index (χ0v) is 16.6. The van der Waals surface area contributed by atoms with Crippen LogP contribution in [0.15, 0.2) is 54.9 Å². The van der Waals surface area contributed by atoms with Gasteiger partial charge in [0.05, 0.1) is 16.8 Å². The summed E-state index contributed by atoms with van der Waals surface area (Å²) in [6.07, 6.45) is 3.76. The highest BCUT2D eigenvalue weighted by Gasteiger charge is 2.22. The monoisotopic (exact) mass is 399 g/mol. The van der Waals surface area contributed by atoms with Gasteiger partial charge in [-0.15, -0.1) is 5.10 Å². The summed E-state index contributed by atoms with van der Waals surface area (Å²) < 4.78 is 1.58. The Morgan fingerprint density at radius 2 is 1.90 bits per heavy atom. The molecule has 1 aliphatic rings. The third-order valence-electron chi connectivity index (χ3n) is 5.42. The lowest BCUT2D eigenvalue weighted by Gasteiger charge is -2.20. The molecule has 0 saturated carbocycles. The van der Waals surface area contributed by atoms with Crippen LogP contribution in [0.2, 0.25) is 0 Å². The first-order chi connectivity index (χ1) is 14.7. The first-order valence-electron chi connectivity index (χ1n) is 9.99. The number of aromatic nitrogens is 5. The van der Waals surface area contributed by atoms with Crippen molar-refractivity contribution in [1.82, 2.24) is 25.2 Å². The molecule has 0 radical (unpaired) electrons. The molecule has 1 saturated heterocycles. The van der Waals surface area contributed by atoms with E-state index in [1.807, 2.05) is 55.5 Å². The van der Waals surface area contributed by atoms with Gasteiger partial charge in [0.2, 0.25) is 0 Å². The predicted molar refractivity (Wildman–Crippen MR) is 115 cm³/mol. The highest BCUT2D eigenvalue weighted by molar-refractivity contribution is 6.09. The van der Waals surface area contributed by atoms with Crippen LogP contribution in [0.25, 0.3) is 16.6 Å². The fourth-order valence-corrected chi connectivity index (χ4v) is 3.85. The van der Waals surface area contributed by atoms with E-state index in [9.17, 15) is 4.79 Å². The van der Waals surface area contributed by atoms with Crippen LogP contribution in [-0.4, -0.2) is 44.2 Å². The summed E-state index contributed by atoms with van der Waals surface area (Å²) in [6.45, 7) is 3.81. The fraction of sp³-hybridized carbons (Fsp3) is 0.227. The van der Waals surface area contributed by atoms with Crippen molar-refractivity contribution in [3.8, 4) is 5.69 Å². The van der Waals surface area contributed by atoms with Crippen molar-refractivity contribution in [2.45, 2.75) is 19.8 Å². The van der Waals surface area contributed by atoms with E-state index in [4.69, 9.17) is 4.98 Å². The van der Waals surface area contributed by atoms with Gasteiger partial charge in [-0.25, -0.2) is 9.67 Å². The lowest BCUT2D eigenvalue weighted by molar-refractivity contribution is 0.102. The van der Waals surface area contributed by atoms with Crippen LogP contribution in [0.4, 0.5) is 11.5 Å². The van der Waals surface area contributed by atoms with Crippen LogP contribution < -0.4 is 10.2 Å². The Balaban J connectivity index is 1.52. The summed E-state index contributed by atoms with van der Waals surface area (Å²) in [5, 5.41) is 15.3. The summed E-state index contributed by atoms with van der Waals surface area (Å²) in [6, 6.07) is 15.5. The van der Waals surface area contributed by atoms with Crippen molar-refractivity contribution in [2.24, 2.45) is 0 Å². The van der Waals surface area contributed by atoms with E-state index < -0.39 is 0 Å². The molecule has 2 aromatic heterocycles. The molecule has 0 bridgehead atoms. The number of tetrazole rings is 1. The Hall–Kier alpha value is -3.81. The molecule has 2 aromatic carbocycles. The van der Waals surface area contributed by atoms with Gasteiger partial charge in [-0.2, -0.15) is 0 Å². The highest BCUT2D eigenvalue weighted by Crippen LogP contribution is 2.28. The molecular formula is C22H21N7O. The molecule has 8 heteroatoms. The second-order valence-electron chi connectivity index (χ2n) is 7.46. The number of carbonyl (C=O) groups excluding carboxylic acids is 1. The van der Waals surface area contributed by atoms with E-state index in [2.05, 4.69) is 25.7 Å². The molecule has 0 aliphatic carbocycles. The highest BCUT2D eigenvalue weighted by atomic mass is 16.1. The van der Waals surface area contributed by atoms with Crippen molar-refractivity contribution < 1.29 is 4.79 Å². The van der Waals surface area contributed by atoms with Gasteiger partial charge < -0.3 is 10.2 Å². The molecule has 3 heterocycles. The number of nitrogens with zero attached hydrogens (tertiary/aromatic N) is 6. The topological polar surface area (TPSA) is 88.8 Å². The number of hydrogen-bond donors (Lipinski definition) is 1. The molecule has 8 nitrogen and oxygen atoms in total. The summed E-state index contributed by atoms with van der Waals surface area (Å²) in [5.41, 5.74) is 3.98. The van der Waals surface area contributed by atoms with Crippen molar-refractivity contribution in [1.29, 1.82) is 0 Å². The first-order valence-corrected chi connectivity index (χ1v) is 9.99. The molecule has 1 aliphatic heterocycles. The van der Waals surface area contributed by atoms with Crippen LogP contribution in [0.1, 0.15) is 28.8 Å². The van der Waals surface area contributed by atoms with Crippen LogP contribution in [0.3, 0.4) is 0 Å². The zero-order chi connectivity index (χ0) is 20.5. The minimum Gasteiger partial charge on any atom is -0.356 e. The smallest absolute Gasteiger partial charge is 0.259 e. The Kier molecular flexibility index (Phi) is 4.59. The number of aryl methyl sites for hydroxylation is 1. The SMILES string of the molecule is Cc1ccc(NC(=O)c2cc3ccccc3nc2N2CCCC2)cc1-n1cnnn1. The molecular weight excluding hydrogens is 378 g/mol. The first kappa shape index (κ1) is 18.2. The lowest BCUT2D eigenvalue weighted by Crippen LogP contribution is -2.24. The standard InChI is InChI=1S/C22H21N7O/c1-15-8-9-17(13-20(15)29-14-23-26-27-29)24-22(30)18-12-16-6-2-3-7-19(16)25-21(18)28-10-4-5-11-28/h2-3,6-9,12-14H,4-5,10-11H2,1H3,(H,24,30). The number of amides is 1. The molecule has 1 N–H and O–H groups in total. The van der Waals surface area contributed by atoms with E-state index in [1.165, 1.54) is 6.33 Å². The number of carbonyl (C=O) groups is 1. The average Bonchev–Trinajstić information content (AvgIpc) is 3.48. The number of hydrogen-bond acceptors (Lipinski definition) is 6. The third-order valence-corrected chi connectivity index (χ3v) is 5.42. The molecule has 150 valence electrons. The van der Waals surface area contributed by atoms with Crippen LogP contribution >= 0.6 is 0 Å². The second-order valence-corrected chi connectivity index (χ2v) is 7.46. The van der Waals surface area contributed by atoms with Gasteiger partial charge in [0.1, 0.15) is 12.1 Å². The van der Waals surface area contributed by atoms with Gasteiger partial charge in [-0.3, -0.25) is 4.79 Å². The number of para-hydroxylation sites is 1. The van der Waals surface area contributed by atoms with Gasteiger partial charge in [0, 0.05) is 24.2 Å². The Bertz CT molecular complexity index is 1210. The van der Waals surface area contributed by atoms with Crippen LogP contribution in [0.5, 0.6) is 0 Å². The van der Waals surface area contributed by atoms with Gasteiger partial charge in [0.15, 0.2) is 0 Å². The maximum absolute atomic E-state index is 13.3. The number of nitrogens with one attached hydrogen (secondary N) is 1. The summed E-state index contributed by atoms with van der Waals surface area (Å²) >= 11 is 0. The molecule has 0 atom stereocenters. The molecule has 30 heavy (non-hydrogen) atoms. The van der Waals surface area contributed by atoms with Gasteiger partial charge in [-0.05, 0) is 60.0 Å². The molecule has 1 amide bonds. The summed E-state index contributed by atoms with van der Waals surface area (Å²) in [7, 11) is 0. The maximum atomic E-state index is 13.3. The second kappa shape index (κ2) is 7.55. The van der Waals surface area contributed by atoms with Crippen molar-refractivity contribution in [3.05, 3.63) is 66.0 Å². The van der Waals surface area contributed by atoms with E-state index in [0.717, 1.165) is 53.9 Å². The van der Waals surface area contributed by atoms with E-state index in [1.54, 1.807) is 4.68 Å². The molecule has 5 rings (SSSR count). The minimum absolute atomic E-state index is 0.179. The van der Waals surface area contributed by atoms with Crippen molar-refractivity contribution >= 4 is 28.3 Å². The van der Waals surface area contributed by atoms with Crippen molar-refractivity contribution in [3.63, 3.8) is 0 Å². The van der Waals surface area contributed by atoms with Gasteiger partial charge in [-0.1, -0.05) is 24.3 Å². The Morgan fingerprint density at radius 1 is 1.07 bits per heavy atom. The summed E-state index contributed by atoms with van der Waals surface area (Å²) in [4.78, 5) is 20.3. The molecule has 0 unspecified atom stereocenters. The van der Waals surface area contributed by atoms with Gasteiger partial charge >= 0.3 is 0 Å². The predicted octanol–water partition coefficient (Wildman–Crippen LogP) is 3.37. The number of anilines is 2. The van der Waals surface area contributed by atoms with E-state index >= 15 is 0 Å². The minimum atomic E-state index is -0.179. The van der Waals surface area contributed by atoms with Crippen molar-refractivity contribution in [2.75, 3.05) is 23.3 Å². The third kappa shape index (κ3) is 3.36. The normalized spacial score (nSPS) is 13.7. The van der Waals surface area contributed by atoms with E-state index in [0.29, 0.717) is 11.3 Å². The average molecular weight is 399 g/mol. The summed E-state index contributed by atoms with van der Waals surface area (Å²) in [5.74, 6) is 0.568. The largest absolute Gasteiger partial charge is 0.356 e. The van der Waals surface area contributed by atoms with E-state index in [-0.39, 0.29) is 5.91 Å². The zero-order valence-electron chi connectivity index (χ0n) is 16.6. The number of pyridine rings is 1. The maximum Gasteiger partial charge on any atom is 0.259 e. The number of benzene rings is 2. The quantitative estimate of drug-likeness (QED) is 0.566. The van der Waals surface area contributed by atoms with Crippen LogP contribution in [0, 0.1) is 6.92 Å². The lowest BCUT2D eigenvalue weighted by atomic mass is 10.1. The number of fused-ring (bicyclic) bond motifs is 1. The fourth-order valence-electron chi connectivity index (χ4n) is 3.85. The molecule has 4 aromatic rings. The van der Waals surface area contributed by atoms with Crippen LogP contribution in [-0.2, 0) is 0 Å². The molecule has 1 fully saturated rings. The Morgan fingerprint density at radius 3 is 2.70 bits per heavy atom. The van der Waals surface area contributed by atoms with Gasteiger partial charge in [0.25, 0.3) is 5.91 Å². The molecule has 0 spiro atoms. The Labute approximate surface area is 173 Å².